The van der Waals surface area contributed by atoms with E-state index in [9.17, 15) is 4.79 Å². The van der Waals surface area contributed by atoms with Crippen LogP contribution in [0.1, 0.15) is 39.0 Å². The van der Waals surface area contributed by atoms with Crippen LogP contribution in [-0.2, 0) is 14.3 Å². The monoisotopic (exact) mass is 242 g/mol. The predicted octanol–water partition coefficient (Wildman–Crippen LogP) is 2.14. The van der Waals surface area contributed by atoms with Crippen molar-refractivity contribution >= 4 is 17.7 Å². The fourth-order valence-corrected chi connectivity index (χ4v) is 5.37. The molecule has 0 saturated carbocycles. The fraction of sp³-hybridized carbons (Fsp3) is 0.917. The van der Waals surface area contributed by atoms with Crippen LogP contribution in [0, 0.1) is 0 Å². The zero-order chi connectivity index (χ0) is 11.4. The molecule has 0 radical (unpaired) electrons. The normalized spacial score (nSPS) is 49.4. The third kappa shape index (κ3) is 1.23. The van der Waals surface area contributed by atoms with Crippen molar-refractivity contribution in [1.29, 1.82) is 0 Å². The van der Waals surface area contributed by atoms with E-state index in [0.717, 1.165) is 19.3 Å². The summed E-state index contributed by atoms with van der Waals surface area (Å²) in [5.74, 6) is -0.165. The Morgan fingerprint density at radius 1 is 1.44 bits per heavy atom. The van der Waals surface area contributed by atoms with E-state index in [4.69, 9.17) is 9.47 Å². The van der Waals surface area contributed by atoms with Gasteiger partial charge >= 0.3 is 5.97 Å². The van der Waals surface area contributed by atoms with Crippen LogP contribution in [0.5, 0.6) is 0 Å². The van der Waals surface area contributed by atoms with Gasteiger partial charge in [0.2, 0.25) is 0 Å². The Morgan fingerprint density at radius 2 is 2.06 bits per heavy atom. The lowest BCUT2D eigenvalue weighted by Crippen LogP contribution is -2.39. The first-order chi connectivity index (χ1) is 7.66. The van der Waals surface area contributed by atoms with Crippen LogP contribution in [0.2, 0.25) is 0 Å². The molecule has 3 heterocycles. The van der Waals surface area contributed by atoms with Gasteiger partial charge in [-0.15, -0.1) is 0 Å². The molecule has 1 spiro atoms. The number of hydrogen-bond donors (Lipinski definition) is 0. The van der Waals surface area contributed by atoms with Crippen LogP contribution in [0.4, 0.5) is 0 Å². The Labute approximate surface area is 100 Å². The number of esters is 1. The molecular weight excluding hydrogens is 224 g/mol. The molecule has 3 atom stereocenters. The van der Waals surface area contributed by atoms with Gasteiger partial charge in [0, 0.05) is 10.5 Å². The Morgan fingerprint density at radius 3 is 2.56 bits per heavy atom. The minimum Gasteiger partial charge on any atom is -0.467 e. The minimum atomic E-state index is -0.608. The summed E-state index contributed by atoms with van der Waals surface area (Å²) in [6.45, 7) is 2.02. The molecule has 16 heavy (non-hydrogen) atoms. The average molecular weight is 242 g/mol. The summed E-state index contributed by atoms with van der Waals surface area (Å²) in [4.78, 5) is 11.9. The van der Waals surface area contributed by atoms with Crippen molar-refractivity contribution in [3.8, 4) is 0 Å². The molecule has 3 unspecified atom stereocenters. The first-order valence-corrected chi connectivity index (χ1v) is 7.04. The molecular formula is C12H18O3S. The summed E-state index contributed by atoms with van der Waals surface area (Å²) in [5, 5.41) is 1.41. The highest BCUT2D eigenvalue weighted by molar-refractivity contribution is 8.00. The highest BCUT2D eigenvalue weighted by Crippen LogP contribution is 2.63. The second kappa shape index (κ2) is 3.39. The first-order valence-electron chi connectivity index (χ1n) is 6.10. The molecule has 3 aliphatic heterocycles. The van der Waals surface area contributed by atoms with Gasteiger partial charge in [0.25, 0.3) is 0 Å². The molecule has 0 amide bonds. The number of fused-ring (bicyclic) bond motifs is 2. The number of methoxy groups -OCH3 is 1. The van der Waals surface area contributed by atoms with Gasteiger partial charge in [-0.05, 0) is 32.1 Å². The van der Waals surface area contributed by atoms with Gasteiger partial charge in [0.15, 0.2) is 5.60 Å². The van der Waals surface area contributed by atoms with Crippen molar-refractivity contribution in [3.05, 3.63) is 0 Å². The van der Waals surface area contributed by atoms with Gasteiger partial charge in [-0.25, -0.2) is 4.79 Å². The molecule has 2 bridgehead atoms. The smallest absolute Gasteiger partial charge is 0.341 e. The third-order valence-corrected chi connectivity index (χ3v) is 5.96. The Kier molecular flexibility index (Phi) is 2.31. The second-order valence-electron chi connectivity index (χ2n) is 5.13. The Bertz CT molecular complexity index is 318. The molecule has 3 aliphatic rings. The highest BCUT2D eigenvalue weighted by Gasteiger charge is 2.76. The zero-order valence-electron chi connectivity index (χ0n) is 9.82. The minimum absolute atomic E-state index is 0.165. The van der Waals surface area contributed by atoms with Gasteiger partial charge in [-0.3, -0.25) is 0 Å². The van der Waals surface area contributed by atoms with E-state index < -0.39 is 5.60 Å². The standard InChI is InChI=1S/C12H18O3S/c1-3-12(10(13)14-2)11(15-12)6-8-4-5-9(7-11)16-8/h8-9H,3-7H2,1-2H3. The van der Waals surface area contributed by atoms with Gasteiger partial charge < -0.3 is 9.47 Å². The first kappa shape index (κ1) is 10.9. The maximum absolute atomic E-state index is 11.9. The summed E-state index contributed by atoms with van der Waals surface area (Å²) in [5.41, 5.74) is -0.782. The third-order valence-electron chi connectivity index (χ3n) is 4.39. The summed E-state index contributed by atoms with van der Waals surface area (Å²) in [6, 6.07) is 0. The van der Waals surface area contributed by atoms with Gasteiger partial charge in [0.05, 0.1) is 7.11 Å². The van der Waals surface area contributed by atoms with Crippen LogP contribution < -0.4 is 0 Å². The number of hydrogen-bond acceptors (Lipinski definition) is 4. The van der Waals surface area contributed by atoms with Gasteiger partial charge in [0.1, 0.15) is 5.60 Å². The Balaban J connectivity index is 1.84. The summed E-state index contributed by atoms with van der Waals surface area (Å²) < 4.78 is 10.8. The lowest BCUT2D eigenvalue weighted by atomic mass is 9.84. The molecule has 0 N–H and O–H groups in total. The van der Waals surface area contributed by atoms with Crippen molar-refractivity contribution in [2.24, 2.45) is 0 Å². The van der Waals surface area contributed by atoms with Gasteiger partial charge in [-0.1, -0.05) is 6.92 Å². The topological polar surface area (TPSA) is 38.8 Å². The number of rotatable bonds is 2. The van der Waals surface area contributed by atoms with E-state index in [1.165, 1.54) is 20.0 Å². The molecule has 0 aliphatic carbocycles. The SMILES string of the molecule is CCC1(C(=O)OC)OC12CC1CCC(C2)S1. The van der Waals surface area contributed by atoms with E-state index in [1.54, 1.807) is 0 Å². The molecule has 0 aromatic heterocycles. The molecule has 3 fully saturated rings. The average Bonchev–Trinajstić information content (AvgIpc) is 2.78. The molecule has 0 aromatic rings. The number of carbonyl (C=O) groups is 1. The van der Waals surface area contributed by atoms with E-state index >= 15 is 0 Å². The van der Waals surface area contributed by atoms with Gasteiger partial charge in [-0.2, -0.15) is 11.8 Å². The number of carbonyl (C=O) groups excluding carboxylic acids is 1. The van der Waals surface area contributed by atoms with E-state index in [2.05, 4.69) is 11.8 Å². The summed E-state index contributed by atoms with van der Waals surface area (Å²) in [7, 11) is 1.46. The van der Waals surface area contributed by atoms with Crippen molar-refractivity contribution in [2.75, 3.05) is 7.11 Å². The van der Waals surface area contributed by atoms with Crippen molar-refractivity contribution in [3.63, 3.8) is 0 Å². The molecule has 0 aromatic carbocycles. The molecule has 90 valence electrons. The van der Waals surface area contributed by atoms with Crippen molar-refractivity contribution < 1.29 is 14.3 Å². The molecule has 4 heteroatoms. The maximum Gasteiger partial charge on any atom is 0.341 e. The lowest BCUT2D eigenvalue weighted by Gasteiger charge is -2.27. The van der Waals surface area contributed by atoms with Crippen LogP contribution in [0.3, 0.4) is 0 Å². The number of epoxide rings is 1. The quantitative estimate of drug-likeness (QED) is 0.549. The Hall–Kier alpha value is -0.220. The summed E-state index contributed by atoms with van der Waals surface area (Å²) in [6.07, 6.45) is 5.40. The van der Waals surface area contributed by atoms with Crippen LogP contribution in [0.25, 0.3) is 0 Å². The maximum atomic E-state index is 11.9. The van der Waals surface area contributed by atoms with Crippen LogP contribution in [-0.4, -0.2) is 34.8 Å². The number of thioether (sulfide) groups is 1. The van der Waals surface area contributed by atoms with Crippen LogP contribution in [0.15, 0.2) is 0 Å². The van der Waals surface area contributed by atoms with Crippen molar-refractivity contribution in [1.82, 2.24) is 0 Å². The number of ether oxygens (including phenoxy) is 2. The predicted molar refractivity (Wildman–Crippen MR) is 62.5 cm³/mol. The second-order valence-corrected chi connectivity index (χ2v) is 6.74. The molecule has 3 nitrogen and oxygen atoms in total. The fourth-order valence-electron chi connectivity index (χ4n) is 3.55. The van der Waals surface area contributed by atoms with Crippen molar-refractivity contribution in [2.45, 2.75) is 60.7 Å². The highest BCUT2D eigenvalue weighted by atomic mass is 32.2. The molecule has 3 rings (SSSR count). The zero-order valence-corrected chi connectivity index (χ0v) is 10.6. The summed E-state index contributed by atoms with van der Waals surface area (Å²) >= 11 is 2.09. The lowest BCUT2D eigenvalue weighted by molar-refractivity contribution is -0.147. The molecule has 3 saturated heterocycles. The van der Waals surface area contributed by atoms with E-state index in [0.29, 0.717) is 10.5 Å². The van der Waals surface area contributed by atoms with E-state index in [1.807, 2.05) is 6.92 Å². The van der Waals surface area contributed by atoms with E-state index in [-0.39, 0.29) is 11.6 Å². The largest absolute Gasteiger partial charge is 0.467 e. The van der Waals surface area contributed by atoms with Crippen LogP contribution >= 0.6 is 11.8 Å².